The van der Waals surface area contributed by atoms with Crippen molar-refractivity contribution in [3.05, 3.63) is 34.9 Å². The summed E-state index contributed by atoms with van der Waals surface area (Å²) in [6.45, 7) is 0.306. The molecule has 7 nitrogen and oxygen atoms in total. The summed E-state index contributed by atoms with van der Waals surface area (Å²) in [6.07, 6.45) is 1.68. The second-order valence-corrected chi connectivity index (χ2v) is 6.66. The number of nitrogens with zero attached hydrogens (tertiary/aromatic N) is 1. The number of carboxylic acids is 1. The molecule has 124 valence electrons. The highest BCUT2D eigenvalue weighted by Gasteiger charge is 2.52. The van der Waals surface area contributed by atoms with Gasteiger partial charge in [-0.3, -0.25) is 24.5 Å². The number of aliphatic carboxylic acids is 1. The van der Waals surface area contributed by atoms with Crippen LogP contribution in [0.5, 0.6) is 0 Å². The molecule has 0 spiro atoms. The van der Waals surface area contributed by atoms with Crippen molar-refractivity contribution in [2.45, 2.75) is 43.7 Å². The first kappa shape index (κ1) is 14.9. The number of carbonyl (C=O) groups excluding carboxylic acids is 3. The lowest BCUT2D eigenvalue weighted by Gasteiger charge is -2.29. The number of fused-ring (bicyclic) bond motifs is 1. The number of benzene rings is 1. The summed E-state index contributed by atoms with van der Waals surface area (Å²) in [6, 6.07) is 4.55. The number of hydrogen-bond donors (Lipinski definition) is 2. The molecule has 2 heterocycles. The SMILES string of the molecule is O=C1CCC(N2Cc3ccc(C4(C(=O)O)CC4)cc3C2=O)C(=O)N1. The molecule has 3 amide bonds. The van der Waals surface area contributed by atoms with Gasteiger partial charge < -0.3 is 10.0 Å². The van der Waals surface area contributed by atoms with E-state index in [1.54, 1.807) is 18.2 Å². The van der Waals surface area contributed by atoms with Crippen molar-refractivity contribution in [1.29, 1.82) is 0 Å². The first-order chi connectivity index (χ1) is 11.4. The van der Waals surface area contributed by atoms with Crippen LogP contribution >= 0.6 is 0 Å². The van der Waals surface area contributed by atoms with E-state index < -0.39 is 23.3 Å². The smallest absolute Gasteiger partial charge is 0.314 e. The maximum absolute atomic E-state index is 12.7. The van der Waals surface area contributed by atoms with Crippen molar-refractivity contribution < 1.29 is 24.3 Å². The van der Waals surface area contributed by atoms with Gasteiger partial charge in [0.1, 0.15) is 6.04 Å². The van der Waals surface area contributed by atoms with E-state index >= 15 is 0 Å². The molecule has 2 fully saturated rings. The van der Waals surface area contributed by atoms with Crippen LogP contribution < -0.4 is 5.32 Å². The van der Waals surface area contributed by atoms with Crippen LogP contribution in [0.1, 0.15) is 47.2 Å². The van der Waals surface area contributed by atoms with Gasteiger partial charge in [-0.1, -0.05) is 12.1 Å². The van der Waals surface area contributed by atoms with Gasteiger partial charge >= 0.3 is 5.97 Å². The molecule has 3 aliphatic rings. The average molecular weight is 328 g/mol. The molecule has 2 aliphatic heterocycles. The maximum Gasteiger partial charge on any atom is 0.314 e. The average Bonchev–Trinajstić information content (AvgIpc) is 3.29. The summed E-state index contributed by atoms with van der Waals surface area (Å²) in [5.74, 6) is -1.91. The third-order valence-corrected chi connectivity index (χ3v) is 5.24. The maximum atomic E-state index is 12.7. The Morgan fingerprint density at radius 2 is 2.00 bits per heavy atom. The summed E-state index contributed by atoms with van der Waals surface area (Å²) >= 11 is 0. The van der Waals surface area contributed by atoms with E-state index in [9.17, 15) is 24.3 Å². The number of piperidine rings is 1. The molecule has 0 radical (unpaired) electrons. The van der Waals surface area contributed by atoms with Crippen LogP contribution in [-0.2, 0) is 26.3 Å². The van der Waals surface area contributed by atoms with E-state index in [4.69, 9.17) is 0 Å². The molecule has 1 unspecified atom stereocenters. The molecule has 2 N–H and O–H groups in total. The zero-order chi connectivity index (χ0) is 17.1. The highest BCUT2D eigenvalue weighted by Crippen LogP contribution is 2.49. The van der Waals surface area contributed by atoms with Gasteiger partial charge in [-0.15, -0.1) is 0 Å². The Morgan fingerprint density at radius 3 is 2.62 bits per heavy atom. The topological polar surface area (TPSA) is 104 Å². The Hall–Kier alpha value is -2.70. The Kier molecular flexibility index (Phi) is 3.03. The van der Waals surface area contributed by atoms with Crippen molar-refractivity contribution in [3.63, 3.8) is 0 Å². The molecule has 24 heavy (non-hydrogen) atoms. The van der Waals surface area contributed by atoms with Crippen LogP contribution in [0.3, 0.4) is 0 Å². The van der Waals surface area contributed by atoms with E-state index in [2.05, 4.69) is 5.32 Å². The first-order valence-corrected chi connectivity index (χ1v) is 7.94. The molecule has 0 aromatic heterocycles. The Bertz CT molecular complexity index is 796. The number of carbonyl (C=O) groups is 4. The normalized spacial score (nSPS) is 24.6. The summed E-state index contributed by atoms with van der Waals surface area (Å²) in [5.41, 5.74) is 1.03. The predicted molar refractivity (Wildman–Crippen MR) is 81.0 cm³/mol. The van der Waals surface area contributed by atoms with Gasteiger partial charge in [0, 0.05) is 18.5 Å². The molecule has 1 saturated carbocycles. The second kappa shape index (κ2) is 4.90. The Morgan fingerprint density at radius 1 is 1.25 bits per heavy atom. The highest BCUT2D eigenvalue weighted by molar-refractivity contribution is 6.05. The Balaban J connectivity index is 1.63. The van der Waals surface area contributed by atoms with Gasteiger partial charge in [0.25, 0.3) is 5.91 Å². The van der Waals surface area contributed by atoms with E-state index in [1.165, 1.54) is 4.90 Å². The van der Waals surface area contributed by atoms with Gasteiger partial charge in [-0.05, 0) is 36.5 Å². The fourth-order valence-corrected chi connectivity index (χ4v) is 3.60. The summed E-state index contributed by atoms with van der Waals surface area (Å²) in [5, 5.41) is 11.7. The van der Waals surface area contributed by atoms with Crippen molar-refractivity contribution in [2.75, 3.05) is 0 Å². The van der Waals surface area contributed by atoms with Crippen molar-refractivity contribution in [3.8, 4) is 0 Å². The lowest BCUT2D eigenvalue weighted by atomic mass is 9.93. The lowest BCUT2D eigenvalue weighted by molar-refractivity contribution is -0.140. The van der Waals surface area contributed by atoms with E-state index in [1.807, 2.05) is 0 Å². The Labute approximate surface area is 137 Å². The lowest BCUT2D eigenvalue weighted by Crippen LogP contribution is -2.52. The molecule has 1 aromatic rings. The zero-order valence-corrected chi connectivity index (χ0v) is 12.9. The number of carboxylic acid groups (broad SMARTS) is 1. The fraction of sp³-hybridized carbons (Fsp3) is 0.412. The van der Waals surface area contributed by atoms with Gasteiger partial charge in [-0.25, -0.2) is 0 Å². The number of hydrogen-bond acceptors (Lipinski definition) is 4. The third kappa shape index (κ3) is 2.04. The summed E-state index contributed by atoms with van der Waals surface area (Å²) in [4.78, 5) is 48.9. The van der Waals surface area contributed by atoms with Crippen LogP contribution in [0, 0.1) is 0 Å². The van der Waals surface area contributed by atoms with Crippen LogP contribution in [0.4, 0.5) is 0 Å². The molecule has 1 atom stereocenters. The van der Waals surface area contributed by atoms with Crippen LogP contribution in [0.2, 0.25) is 0 Å². The molecule has 1 aromatic carbocycles. The molecule has 0 bridgehead atoms. The number of amides is 3. The van der Waals surface area contributed by atoms with Crippen LogP contribution in [0.15, 0.2) is 18.2 Å². The van der Waals surface area contributed by atoms with Gasteiger partial charge in [0.15, 0.2) is 0 Å². The first-order valence-electron chi connectivity index (χ1n) is 7.94. The van der Waals surface area contributed by atoms with Gasteiger partial charge in [-0.2, -0.15) is 0 Å². The molecular formula is C17H16N2O5. The number of rotatable bonds is 3. The fourth-order valence-electron chi connectivity index (χ4n) is 3.60. The van der Waals surface area contributed by atoms with Gasteiger partial charge in [0.05, 0.1) is 5.41 Å². The predicted octanol–water partition coefficient (Wildman–Crippen LogP) is 0.564. The van der Waals surface area contributed by atoms with Crippen LogP contribution in [-0.4, -0.2) is 39.7 Å². The minimum atomic E-state index is -0.866. The van der Waals surface area contributed by atoms with Crippen molar-refractivity contribution in [2.24, 2.45) is 0 Å². The zero-order valence-electron chi connectivity index (χ0n) is 12.9. The molecule has 1 saturated heterocycles. The van der Waals surface area contributed by atoms with Crippen molar-refractivity contribution in [1.82, 2.24) is 10.2 Å². The minimum Gasteiger partial charge on any atom is -0.481 e. The summed E-state index contributed by atoms with van der Waals surface area (Å²) < 4.78 is 0. The van der Waals surface area contributed by atoms with Crippen LogP contribution in [0.25, 0.3) is 0 Å². The minimum absolute atomic E-state index is 0.212. The van der Waals surface area contributed by atoms with E-state index in [-0.39, 0.29) is 18.2 Å². The third-order valence-electron chi connectivity index (χ3n) is 5.24. The largest absolute Gasteiger partial charge is 0.481 e. The molecule has 1 aliphatic carbocycles. The molecule has 4 rings (SSSR count). The number of nitrogens with one attached hydrogen (secondary N) is 1. The quantitative estimate of drug-likeness (QED) is 0.789. The molecular weight excluding hydrogens is 312 g/mol. The monoisotopic (exact) mass is 328 g/mol. The van der Waals surface area contributed by atoms with E-state index in [0.717, 1.165) is 5.56 Å². The highest BCUT2D eigenvalue weighted by atomic mass is 16.4. The van der Waals surface area contributed by atoms with Gasteiger partial charge in [0.2, 0.25) is 11.8 Å². The van der Waals surface area contributed by atoms with Crippen molar-refractivity contribution >= 4 is 23.7 Å². The molecule has 7 heteroatoms. The number of imide groups is 1. The summed E-state index contributed by atoms with van der Waals surface area (Å²) in [7, 11) is 0. The second-order valence-electron chi connectivity index (χ2n) is 6.66. The van der Waals surface area contributed by atoms with E-state index in [0.29, 0.717) is 36.9 Å². The standard InChI is InChI=1S/C17H16N2O5/c20-13-4-3-12(14(21)18-13)19-8-9-1-2-10(7-11(9)15(19)22)17(5-6-17)16(23)24/h1-2,7,12H,3-6,8H2,(H,23,24)(H,18,20,21).